The molecule has 1 aliphatic carbocycles. The first-order valence-corrected chi connectivity index (χ1v) is 5.87. The normalized spacial score (nSPS) is 14.5. The van der Waals surface area contributed by atoms with E-state index in [1.54, 1.807) is 0 Å². The highest BCUT2D eigenvalue weighted by Gasteiger charge is 2.20. The maximum Gasteiger partial charge on any atom is 0.376 e. The molecular formula is C12H17N3O2. The van der Waals surface area contributed by atoms with Gasteiger partial charge in [-0.3, -0.25) is 0 Å². The average molecular weight is 235 g/mol. The number of nitrogens with zero attached hydrogens (tertiary/aromatic N) is 2. The van der Waals surface area contributed by atoms with Crippen molar-refractivity contribution in [3.05, 3.63) is 17.6 Å². The summed E-state index contributed by atoms with van der Waals surface area (Å²) in [5.74, 6) is 1.18. The first-order chi connectivity index (χ1) is 8.19. The Morgan fingerprint density at radius 1 is 1.53 bits per heavy atom. The Morgan fingerprint density at radius 2 is 2.29 bits per heavy atom. The first-order valence-electron chi connectivity index (χ1n) is 5.87. The smallest absolute Gasteiger partial charge is 0.376 e. The summed E-state index contributed by atoms with van der Waals surface area (Å²) in [6.45, 7) is 2.72. The van der Waals surface area contributed by atoms with Crippen LogP contribution in [-0.4, -0.2) is 29.6 Å². The Bertz CT molecular complexity index is 416. The summed E-state index contributed by atoms with van der Waals surface area (Å²) in [6, 6.07) is 1.83. The number of aryl methyl sites for hydroxylation is 1. The van der Waals surface area contributed by atoms with Crippen LogP contribution in [0.2, 0.25) is 0 Å². The largest absolute Gasteiger partial charge is 0.463 e. The van der Waals surface area contributed by atoms with Crippen molar-refractivity contribution in [2.75, 3.05) is 19.0 Å². The molecule has 1 saturated carbocycles. The van der Waals surface area contributed by atoms with Crippen molar-refractivity contribution in [2.45, 2.75) is 26.2 Å². The van der Waals surface area contributed by atoms with Crippen LogP contribution in [-0.2, 0) is 4.74 Å². The van der Waals surface area contributed by atoms with Gasteiger partial charge in [0.25, 0.3) is 0 Å². The minimum atomic E-state index is -0.501. The quantitative estimate of drug-likeness (QED) is 0.788. The van der Waals surface area contributed by atoms with Gasteiger partial charge in [0.05, 0.1) is 7.11 Å². The number of rotatable bonds is 5. The van der Waals surface area contributed by atoms with Crippen LogP contribution in [0.1, 0.15) is 35.6 Å². The molecule has 1 N–H and O–H groups in total. The lowest BCUT2D eigenvalue weighted by Crippen LogP contribution is -2.12. The number of aromatic nitrogens is 2. The van der Waals surface area contributed by atoms with Gasteiger partial charge in [0.15, 0.2) is 0 Å². The summed E-state index contributed by atoms with van der Waals surface area (Å²) in [6.07, 6.45) is 3.85. The third-order valence-corrected chi connectivity index (χ3v) is 2.78. The van der Waals surface area contributed by atoms with Gasteiger partial charge >= 0.3 is 5.97 Å². The van der Waals surface area contributed by atoms with E-state index in [1.807, 2.05) is 13.0 Å². The van der Waals surface area contributed by atoms with Crippen molar-refractivity contribution in [1.82, 2.24) is 9.97 Å². The predicted molar refractivity (Wildman–Crippen MR) is 63.9 cm³/mol. The molecule has 0 spiro atoms. The molecule has 0 amide bonds. The van der Waals surface area contributed by atoms with Crippen molar-refractivity contribution in [3.63, 3.8) is 0 Å². The van der Waals surface area contributed by atoms with Crippen LogP contribution in [0, 0.1) is 12.8 Å². The van der Waals surface area contributed by atoms with E-state index in [9.17, 15) is 4.79 Å². The van der Waals surface area contributed by atoms with Crippen LogP contribution in [0.15, 0.2) is 6.07 Å². The Kier molecular flexibility index (Phi) is 3.56. The predicted octanol–water partition coefficient (Wildman–Crippen LogP) is 1.78. The second kappa shape index (κ2) is 5.12. The zero-order valence-electron chi connectivity index (χ0n) is 10.2. The van der Waals surface area contributed by atoms with E-state index in [0.717, 1.165) is 24.6 Å². The molecule has 1 aromatic rings. The van der Waals surface area contributed by atoms with Crippen molar-refractivity contribution < 1.29 is 9.53 Å². The molecule has 1 heterocycles. The van der Waals surface area contributed by atoms with Crippen molar-refractivity contribution in [1.29, 1.82) is 0 Å². The fourth-order valence-electron chi connectivity index (χ4n) is 1.65. The number of anilines is 1. The number of ether oxygens (including phenoxy) is 1. The SMILES string of the molecule is COC(=O)c1nc(C)cc(NCCC2CC2)n1. The third kappa shape index (κ3) is 3.41. The Hall–Kier alpha value is -1.65. The van der Waals surface area contributed by atoms with Gasteiger partial charge in [-0.2, -0.15) is 0 Å². The summed E-state index contributed by atoms with van der Waals surface area (Å²) in [7, 11) is 1.33. The number of hydrogen-bond donors (Lipinski definition) is 1. The van der Waals surface area contributed by atoms with Gasteiger partial charge in [0.2, 0.25) is 5.82 Å². The zero-order valence-corrected chi connectivity index (χ0v) is 10.2. The van der Waals surface area contributed by atoms with E-state index in [4.69, 9.17) is 0 Å². The lowest BCUT2D eigenvalue weighted by Gasteiger charge is -2.07. The first kappa shape index (κ1) is 11.8. The van der Waals surface area contributed by atoms with Crippen LogP contribution in [0.5, 0.6) is 0 Å². The van der Waals surface area contributed by atoms with Crippen molar-refractivity contribution >= 4 is 11.8 Å². The van der Waals surface area contributed by atoms with E-state index in [2.05, 4.69) is 20.0 Å². The monoisotopic (exact) mass is 235 g/mol. The van der Waals surface area contributed by atoms with Crippen molar-refractivity contribution in [3.8, 4) is 0 Å². The molecule has 0 aromatic carbocycles. The number of carbonyl (C=O) groups is 1. The molecule has 92 valence electrons. The van der Waals surface area contributed by atoms with Gasteiger partial charge in [0, 0.05) is 18.3 Å². The molecule has 5 heteroatoms. The molecule has 0 aliphatic heterocycles. The second-order valence-corrected chi connectivity index (χ2v) is 4.37. The summed E-state index contributed by atoms with van der Waals surface area (Å²) >= 11 is 0. The number of methoxy groups -OCH3 is 1. The molecule has 2 rings (SSSR count). The summed E-state index contributed by atoms with van der Waals surface area (Å²) in [5.41, 5.74) is 0.759. The van der Waals surface area contributed by atoms with Crippen LogP contribution >= 0.6 is 0 Å². The molecule has 0 bridgehead atoms. The van der Waals surface area contributed by atoms with Gasteiger partial charge in [-0.25, -0.2) is 14.8 Å². The summed E-state index contributed by atoms with van der Waals surface area (Å²) in [5, 5.41) is 3.22. The van der Waals surface area contributed by atoms with Crippen molar-refractivity contribution in [2.24, 2.45) is 5.92 Å². The lowest BCUT2D eigenvalue weighted by molar-refractivity contribution is 0.0586. The minimum Gasteiger partial charge on any atom is -0.463 e. The Labute approximate surface area is 101 Å². The highest BCUT2D eigenvalue weighted by molar-refractivity contribution is 5.85. The molecule has 1 aromatic heterocycles. The molecule has 1 fully saturated rings. The Balaban J connectivity index is 1.99. The topological polar surface area (TPSA) is 64.1 Å². The van der Waals surface area contributed by atoms with E-state index < -0.39 is 5.97 Å². The molecule has 1 aliphatic rings. The van der Waals surface area contributed by atoms with E-state index in [0.29, 0.717) is 5.82 Å². The van der Waals surface area contributed by atoms with E-state index in [-0.39, 0.29) is 5.82 Å². The maximum atomic E-state index is 11.3. The standard InChI is InChI=1S/C12H17N3O2/c1-8-7-10(13-6-5-9-3-4-9)15-11(14-8)12(16)17-2/h7,9H,3-6H2,1-2H3,(H,13,14,15). The van der Waals surface area contributed by atoms with Crippen LogP contribution in [0.3, 0.4) is 0 Å². The third-order valence-electron chi connectivity index (χ3n) is 2.78. The molecule has 0 saturated heterocycles. The van der Waals surface area contributed by atoms with Gasteiger partial charge in [-0.05, 0) is 19.3 Å². The van der Waals surface area contributed by atoms with Crippen LogP contribution in [0.4, 0.5) is 5.82 Å². The van der Waals surface area contributed by atoms with Crippen LogP contribution < -0.4 is 5.32 Å². The average Bonchev–Trinajstić information content (AvgIpc) is 3.11. The molecular weight excluding hydrogens is 218 g/mol. The molecule has 0 atom stereocenters. The fourth-order valence-corrected chi connectivity index (χ4v) is 1.65. The molecule has 17 heavy (non-hydrogen) atoms. The Morgan fingerprint density at radius 3 is 2.94 bits per heavy atom. The maximum absolute atomic E-state index is 11.3. The summed E-state index contributed by atoms with van der Waals surface area (Å²) in [4.78, 5) is 19.5. The highest BCUT2D eigenvalue weighted by Crippen LogP contribution is 2.32. The van der Waals surface area contributed by atoms with E-state index in [1.165, 1.54) is 20.0 Å². The fraction of sp³-hybridized carbons (Fsp3) is 0.583. The van der Waals surface area contributed by atoms with Gasteiger partial charge < -0.3 is 10.1 Å². The lowest BCUT2D eigenvalue weighted by atomic mass is 10.3. The molecule has 5 nitrogen and oxygen atoms in total. The summed E-state index contributed by atoms with van der Waals surface area (Å²) < 4.78 is 4.61. The minimum absolute atomic E-state index is 0.112. The highest BCUT2D eigenvalue weighted by atomic mass is 16.5. The number of carbonyl (C=O) groups excluding carboxylic acids is 1. The zero-order chi connectivity index (χ0) is 12.3. The number of esters is 1. The van der Waals surface area contributed by atoms with Gasteiger partial charge in [-0.15, -0.1) is 0 Å². The number of hydrogen-bond acceptors (Lipinski definition) is 5. The molecule has 0 unspecified atom stereocenters. The second-order valence-electron chi connectivity index (χ2n) is 4.37. The van der Waals surface area contributed by atoms with E-state index >= 15 is 0 Å². The molecule has 0 radical (unpaired) electrons. The van der Waals surface area contributed by atoms with Gasteiger partial charge in [-0.1, -0.05) is 12.8 Å². The van der Waals surface area contributed by atoms with Gasteiger partial charge in [0.1, 0.15) is 5.82 Å². The van der Waals surface area contributed by atoms with Crippen LogP contribution in [0.25, 0.3) is 0 Å². The number of nitrogens with one attached hydrogen (secondary N) is 1.